The lowest BCUT2D eigenvalue weighted by atomic mass is 10.2. The van der Waals surface area contributed by atoms with Crippen molar-refractivity contribution in [1.82, 2.24) is 0 Å². The monoisotopic (exact) mass is 298 g/mol. The maximum atomic E-state index is 12.3. The molecule has 0 spiro atoms. The molecule has 0 N–H and O–H groups in total. The van der Waals surface area contributed by atoms with Crippen LogP contribution in [0.2, 0.25) is 0 Å². The van der Waals surface area contributed by atoms with E-state index in [4.69, 9.17) is 0 Å². The van der Waals surface area contributed by atoms with Gasteiger partial charge in [-0.15, -0.1) is 0 Å². The topological polar surface area (TPSA) is 0 Å². The van der Waals surface area contributed by atoms with Crippen LogP contribution in [0.25, 0.3) is 0 Å². The highest BCUT2D eigenvalue weighted by molar-refractivity contribution is 6.22. The molecule has 0 radical (unpaired) electrons. The zero-order valence-electron chi connectivity index (χ0n) is 7.23. The number of alkyl halides is 10. The van der Waals surface area contributed by atoms with Crippen LogP contribution in [0, 0.1) is 0 Å². The number of hydrogen-bond donors (Lipinski definition) is 0. The van der Waals surface area contributed by atoms with E-state index >= 15 is 0 Å². The Bertz CT molecular complexity index is 308. The fourth-order valence-electron chi connectivity index (χ4n) is 0.467. The fourth-order valence-corrected chi connectivity index (χ4v) is 0.557. The van der Waals surface area contributed by atoms with Gasteiger partial charge in [-0.1, -0.05) is 0 Å². The Morgan fingerprint density at radius 3 is 1.41 bits per heavy atom. The zero-order chi connectivity index (χ0) is 14.3. The molecule has 0 aliphatic rings. The van der Waals surface area contributed by atoms with Gasteiger partial charge in [-0.2, -0.15) is 39.5 Å². The minimum absolute atomic E-state index is 1.96. The Kier molecular flexibility index (Phi) is 4.05. The van der Waals surface area contributed by atoms with Gasteiger partial charge in [-0.05, 0) is 11.6 Å². The smallest absolute Gasteiger partial charge is 0.205 e. The van der Waals surface area contributed by atoms with E-state index in [0.717, 1.165) is 0 Å². The van der Waals surface area contributed by atoms with Gasteiger partial charge in [0.1, 0.15) is 0 Å². The van der Waals surface area contributed by atoms with Crippen LogP contribution < -0.4 is 0 Å². The Balaban J connectivity index is 5.40. The molecule has 0 atom stereocenters. The molecular formula is C6HClF10. The Hall–Kier alpha value is -0.670. The first-order valence-corrected chi connectivity index (χ1v) is 3.78. The third-order valence-electron chi connectivity index (χ3n) is 1.34. The number of allylic oxidation sites excluding steroid dienone is 2. The van der Waals surface area contributed by atoms with Crippen molar-refractivity contribution in [2.24, 2.45) is 0 Å². The van der Waals surface area contributed by atoms with Gasteiger partial charge in [0.2, 0.25) is 0 Å². The fraction of sp³-hybridized carbons (Fsp3) is 0.667. The summed E-state index contributed by atoms with van der Waals surface area (Å²) < 4.78 is 119. The molecule has 0 amide bonds. The van der Waals surface area contributed by atoms with E-state index in [9.17, 15) is 43.9 Å². The molecule has 0 saturated heterocycles. The van der Waals surface area contributed by atoms with Crippen molar-refractivity contribution >= 4 is 11.6 Å². The molecular weight excluding hydrogens is 297 g/mol. The highest BCUT2D eigenvalue weighted by Crippen LogP contribution is 2.46. The third-order valence-corrected chi connectivity index (χ3v) is 1.58. The molecule has 0 nitrogen and oxygen atoms in total. The summed E-state index contributed by atoms with van der Waals surface area (Å²) in [6.07, 6.45) is -8.36. The zero-order valence-corrected chi connectivity index (χ0v) is 7.99. The molecule has 0 saturated carbocycles. The van der Waals surface area contributed by atoms with E-state index < -0.39 is 35.3 Å². The van der Waals surface area contributed by atoms with E-state index in [2.05, 4.69) is 11.6 Å². The molecule has 0 aliphatic carbocycles. The Morgan fingerprint density at radius 1 is 0.824 bits per heavy atom. The molecule has 0 aromatic rings. The summed E-state index contributed by atoms with van der Waals surface area (Å²) >= 11 is 3.67. The number of halogens is 11. The first-order valence-electron chi connectivity index (χ1n) is 3.41. The summed E-state index contributed by atoms with van der Waals surface area (Å²) in [6.45, 7) is 0. The lowest BCUT2D eigenvalue weighted by Crippen LogP contribution is -2.40. The van der Waals surface area contributed by atoms with Crippen LogP contribution in [0.4, 0.5) is 43.9 Å². The predicted molar refractivity (Wildman–Crippen MR) is 35.9 cm³/mol. The lowest BCUT2D eigenvalue weighted by Gasteiger charge is -2.21. The number of hydrogen-bond acceptors (Lipinski definition) is 0. The SMILES string of the molecule is FC(=CC(F)(F)C(F)(F)F)C(F)(F)C(F)(F)Cl. The van der Waals surface area contributed by atoms with Crippen LogP contribution in [0.15, 0.2) is 11.9 Å². The minimum atomic E-state index is -6.40. The summed E-state index contributed by atoms with van der Waals surface area (Å²) in [5.74, 6) is -15.7. The summed E-state index contributed by atoms with van der Waals surface area (Å²) in [5.41, 5.74) is 0. The van der Waals surface area contributed by atoms with Gasteiger partial charge in [0, 0.05) is 6.08 Å². The average Bonchev–Trinajstić information content (AvgIpc) is 1.98. The molecule has 17 heavy (non-hydrogen) atoms. The maximum absolute atomic E-state index is 12.3. The molecule has 0 heterocycles. The van der Waals surface area contributed by atoms with Crippen LogP contribution in [-0.2, 0) is 0 Å². The van der Waals surface area contributed by atoms with E-state index in [1.807, 2.05) is 0 Å². The van der Waals surface area contributed by atoms with Crippen molar-refractivity contribution in [3.05, 3.63) is 11.9 Å². The molecule has 0 aromatic heterocycles. The van der Waals surface area contributed by atoms with Crippen molar-refractivity contribution in [1.29, 1.82) is 0 Å². The molecule has 0 rings (SSSR count). The van der Waals surface area contributed by atoms with Gasteiger partial charge in [0.25, 0.3) is 0 Å². The molecule has 102 valence electrons. The molecule has 0 bridgehead atoms. The first kappa shape index (κ1) is 16.3. The van der Waals surface area contributed by atoms with Crippen LogP contribution >= 0.6 is 11.6 Å². The Morgan fingerprint density at radius 2 is 1.18 bits per heavy atom. The number of rotatable bonds is 3. The lowest BCUT2D eigenvalue weighted by molar-refractivity contribution is -0.260. The molecule has 11 heteroatoms. The van der Waals surface area contributed by atoms with Gasteiger partial charge in [-0.25, -0.2) is 4.39 Å². The quantitative estimate of drug-likeness (QED) is 0.531. The molecule has 0 aliphatic heterocycles. The second kappa shape index (κ2) is 4.21. The van der Waals surface area contributed by atoms with Gasteiger partial charge < -0.3 is 0 Å². The van der Waals surface area contributed by atoms with Crippen molar-refractivity contribution in [2.75, 3.05) is 0 Å². The van der Waals surface area contributed by atoms with Crippen molar-refractivity contribution in [2.45, 2.75) is 23.4 Å². The standard InChI is InChI=1S/C6HClF10/c7-5(13,14)4(11,12)2(8)1-3(9,10)6(15,16)17/h1H. The van der Waals surface area contributed by atoms with Gasteiger partial charge >= 0.3 is 23.4 Å². The summed E-state index contributed by atoms with van der Waals surface area (Å²) in [4.78, 5) is 0. The predicted octanol–water partition coefficient (Wildman–Crippen LogP) is 4.50. The van der Waals surface area contributed by atoms with Crippen LogP contribution in [0.5, 0.6) is 0 Å². The van der Waals surface area contributed by atoms with Crippen molar-refractivity contribution in [3.63, 3.8) is 0 Å². The van der Waals surface area contributed by atoms with E-state index in [-0.39, 0.29) is 0 Å². The van der Waals surface area contributed by atoms with Crippen LogP contribution in [0.1, 0.15) is 0 Å². The van der Waals surface area contributed by atoms with Gasteiger partial charge in [0.15, 0.2) is 5.83 Å². The largest absolute Gasteiger partial charge is 0.457 e. The highest BCUT2D eigenvalue weighted by Gasteiger charge is 2.62. The van der Waals surface area contributed by atoms with Gasteiger partial charge in [0.05, 0.1) is 0 Å². The average molecular weight is 299 g/mol. The first-order chi connectivity index (χ1) is 7.13. The third kappa shape index (κ3) is 3.39. The highest BCUT2D eigenvalue weighted by atomic mass is 35.5. The second-order valence-corrected chi connectivity index (χ2v) is 3.16. The Labute approximate surface area is 91.8 Å². The van der Waals surface area contributed by atoms with Crippen molar-refractivity contribution < 1.29 is 43.9 Å². The van der Waals surface area contributed by atoms with Gasteiger partial charge in [-0.3, -0.25) is 0 Å². The summed E-state index contributed by atoms with van der Waals surface area (Å²) in [5, 5.41) is -5.64. The van der Waals surface area contributed by atoms with E-state index in [0.29, 0.717) is 0 Å². The molecule has 0 fully saturated rings. The van der Waals surface area contributed by atoms with Crippen molar-refractivity contribution in [3.8, 4) is 0 Å². The van der Waals surface area contributed by atoms with E-state index in [1.165, 1.54) is 0 Å². The molecule has 0 unspecified atom stereocenters. The van der Waals surface area contributed by atoms with Crippen LogP contribution in [-0.4, -0.2) is 23.4 Å². The molecule has 0 aromatic carbocycles. The second-order valence-electron chi connectivity index (χ2n) is 2.69. The summed E-state index contributed by atoms with van der Waals surface area (Å²) in [6, 6.07) is 0. The normalized spacial score (nSPS) is 16.3. The summed E-state index contributed by atoms with van der Waals surface area (Å²) in [7, 11) is 0. The minimum Gasteiger partial charge on any atom is -0.205 e. The van der Waals surface area contributed by atoms with E-state index in [1.54, 1.807) is 0 Å². The maximum Gasteiger partial charge on any atom is 0.457 e. The van der Waals surface area contributed by atoms with Crippen LogP contribution in [0.3, 0.4) is 0 Å².